The second kappa shape index (κ2) is 13.9. The second-order valence-electron chi connectivity index (χ2n) is 13.2. The predicted octanol–water partition coefficient (Wildman–Crippen LogP) is 5.55. The topological polar surface area (TPSA) is 125 Å². The molecular formula is C35H46ClN5O4. The molecule has 1 aliphatic heterocycles. The van der Waals surface area contributed by atoms with Gasteiger partial charge in [0.05, 0.1) is 29.1 Å². The lowest BCUT2D eigenvalue weighted by atomic mass is 9.76. The van der Waals surface area contributed by atoms with Crippen LogP contribution in [0.1, 0.15) is 89.2 Å². The van der Waals surface area contributed by atoms with E-state index >= 15 is 0 Å². The first-order valence-corrected chi connectivity index (χ1v) is 16.6. The Morgan fingerprint density at radius 3 is 2.42 bits per heavy atom. The van der Waals surface area contributed by atoms with Crippen LogP contribution in [-0.4, -0.2) is 53.5 Å². The molecule has 9 nitrogen and oxygen atoms in total. The maximum Gasteiger partial charge on any atom is 0.242 e. The lowest BCUT2D eigenvalue weighted by molar-refractivity contribution is -0.134. The number of aromatic nitrogens is 2. The number of amides is 3. The van der Waals surface area contributed by atoms with E-state index in [2.05, 4.69) is 34.8 Å². The lowest BCUT2D eigenvalue weighted by Crippen LogP contribution is -2.57. The molecule has 10 heteroatoms. The molecule has 0 radical (unpaired) electrons. The second-order valence-corrected chi connectivity index (χ2v) is 13.6. The number of ether oxygens (including phenoxy) is 1. The summed E-state index contributed by atoms with van der Waals surface area (Å²) in [4.78, 5) is 48.6. The van der Waals surface area contributed by atoms with Crippen molar-refractivity contribution in [3.8, 4) is 0 Å². The number of nitrogens with zero attached hydrogens (tertiary/aromatic N) is 1. The monoisotopic (exact) mass is 635 g/mol. The van der Waals surface area contributed by atoms with Crippen LogP contribution in [0.2, 0.25) is 5.02 Å². The van der Waals surface area contributed by atoms with Crippen molar-refractivity contribution in [3.63, 3.8) is 0 Å². The maximum atomic E-state index is 14.1. The standard InChI is InChI=1S/C35H46ClN5O4/c1-6-37-33(43)29(22-10-9-11-22)41-34(44)35(16-17-45-19-35)23-14-15-26-27(18-23)39-31(38-26)30(40-32(42)21(4)5)28(20(2)3)24-12-7-8-13-25(24)36/h7-8,12-15,18,20-22,28-30H,6,9-11,16-17,19H2,1-5H3,(H,37,43)(H,38,39)(H,40,42)(H,41,44)/t28-,29+,30-,35?/m0/s1. The van der Waals surface area contributed by atoms with Crippen molar-refractivity contribution in [2.45, 2.75) is 83.7 Å². The zero-order valence-corrected chi connectivity index (χ0v) is 27.7. The molecule has 1 saturated heterocycles. The van der Waals surface area contributed by atoms with E-state index in [-0.39, 0.29) is 48.0 Å². The van der Waals surface area contributed by atoms with Crippen LogP contribution in [0.5, 0.6) is 0 Å². The normalized spacial score (nSPS) is 20.5. The molecule has 1 aliphatic carbocycles. The molecule has 5 rings (SSSR count). The molecule has 0 spiro atoms. The van der Waals surface area contributed by atoms with E-state index < -0.39 is 17.5 Å². The van der Waals surface area contributed by atoms with Gasteiger partial charge in [0.25, 0.3) is 0 Å². The number of H-pyrrole nitrogens is 1. The Morgan fingerprint density at radius 1 is 1.07 bits per heavy atom. The molecule has 1 saturated carbocycles. The van der Waals surface area contributed by atoms with Crippen molar-refractivity contribution in [3.05, 3.63) is 64.4 Å². The van der Waals surface area contributed by atoms with Gasteiger partial charge in [0.2, 0.25) is 17.7 Å². The van der Waals surface area contributed by atoms with Crippen LogP contribution in [0.15, 0.2) is 42.5 Å². The summed E-state index contributed by atoms with van der Waals surface area (Å²) in [5, 5.41) is 9.91. The first-order chi connectivity index (χ1) is 21.6. The summed E-state index contributed by atoms with van der Waals surface area (Å²) in [7, 11) is 0. The van der Waals surface area contributed by atoms with Gasteiger partial charge in [-0.15, -0.1) is 0 Å². The number of nitrogens with one attached hydrogen (secondary N) is 4. The number of likely N-dealkylation sites (N-methyl/N-ethyl adjacent to an activating group) is 1. The van der Waals surface area contributed by atoms with Crippen molar-refractivity contribution in [1.82, 2.24) is 25.9 Å². The van der Waals surface area contributed by atoms with E-state index in [1.165, 1.54) is 0 Å². The van der Waals surface area contributed by atoms with Crippen LogP contribution in [0.4, 0.5) is 0 Å². The van der Waals surface area contributed by atoms with E-state index in [4.69, 9.17) is 21.3 Å². The molecule has 45 heavy (non-hydrogen) atoms. The van der Waals surface area contributed by atoms with Gasteiger partial charge in [-0.25, -0.2) is 4.98 Å². The van der Waals surface area contributed by atoms with Gasteiger partial charge in [-0.1, -0.05) is 70.0 Å². The minimum atomic E-state index is -0.933. The summed E-state index contributed by atoms with van der Waals surface area (Å²) < 4.78 is 5.82. The lowest BCUT2D eigenvalue weighted by Gasteiger charge is -2.36. The molecule has 3 amide bonds. The number of rotatable bonds is 12. The number of halogens is 1. The average molecular weight is 636 g/mol. The third-order valence-corrected chi connectivity index (χ3v) is 9.85. The van der Waals surface area contributed by atoms with Crippen molar-refractivity contribution in [2.24, 2.45) is 17.8 Å². The highest BCUT2D eigenvalue weighted by Gasteiger charge is 2.46. The molecule has 0 bridgehead atoms. The summed E-state index contributed by atoms with van der Waals surface area (Å²) in [5.41, 5.74) is 2.29. The van der Waals surface area contributed by atoms with E-state index in [1.807, 2.05) is 63.2 Å². The summed E-state index contributed by atoms with van der Waals surface area (Å²) in [5.74, 6) is 0.118. The molecular weight excluding hydrogens is 590 g/mol. The van der Waals surface area contributed by atoms with Crippen molar-refractivity contribution >= 4 is 40.4 Å². The van der Waals surface area contributed by atoms with Crippen LogP contribution < -0.4 is 16.0 Å². The summed E-state index contributed by atoms with van der Waals surface area (Å²) in [6, 6.07) is 12.5. The Bertz CT molecular complexity index is 1530. The summed E-state index contributed by atoms with van der Waals surface area (Å²) >= 11 is 6.70. The maximum absolute atomic E-state index is 14.1. The van der Waals surface area contributed by atoms with Gasteiger partial charge in [0.1, 0.15) is 11.9 Å². The number of carbonyl (C=O) groups excluding carboxylic acids is 3. The fourth-order valence-corrected chi connectivity index (χ4v) is 6.89. The highest BCUT2D eigenvalue weighted by molar-refractivity contribution is 6.31. The fourth-order valence-electron chi connectivity index (χ4n) is 6.63. The smallest absolute Gasteiger partial charge is 0.242 e. The number of hydrogen-bond acceptors (Lipinski definition) is 5. The fraction of sp³-hybridized carbons (Fsp3) is 0.543. The van der Waals surface area contributed by atoms with Gasteiger partial charge in [0, 0.05) is 30.0 Å². The predicted molar refractivity (Wildman–Crippen MR) is 176 cm³/mol. The number of carbonyl (C=O) groups is 3. The quantitative estimate of drug-likeness (QED) is 0.208. The van der Waals surface area contributed by atoms with Crippen LogP contribution in [-0.2, 0) is 24.5 Å². The third kappa shape index (κ3) is 6.75. The molecule has 2 fully saturated rings. The Kier molecular flexibility index (Phi) is 10.2. The van der Waals surface area contributed by atoms with Gasteiger partial charge in [-0.05, 0) is 67.3 Å². The van der Waals surface area contributed by atoms with Crippen LogP contribution in [0, 0.1) is 17.8 Å². The van der Waals surface area contributed by atoms with Gasteiger partial charge in [-0.2, -0.15) is 0 Å². The average Bonchev–Trinajstić information content (AvgIpc) is 3.64. The minimum absolute atomic E-state index is 0.0781. The van der Waals surface area contributed by atoms with Crippen LogP contribution in [0.25, 0.3) is 11.0 Å². The Morgan fingerprint density at radius 2 is 1.82 bits per heavy atom. The highest BCUT2D eigenvalue weighted by Crippen LogP contribution is 2.41. The van der Waals surface area contributed by atoms with Crippen molar-refractivity contribution < 1.29 is 19.1 Å². The highest BCUT2D eigenvalue weighted by atomic mass is 35.5. The first kappa shape index (κ1) is 32.9. The number of fused-ring (bicyclic) bond motifs is 1. The summed E-state index contributed by atoms with van der Waals surface area (Å²) in [6.07, 6.45) is 3.42. The van der Waals surface area contributed by atoms with Crippen molar-refractivity contribution in [2.75, 3.05) is 19.8 Å². The largest absolute Gasteiger partial charge is 0.380 e. The molecule has 4 N–H and O–H groups in total. The Hall–Kier alpha value is -3.43. The van der Waals surface area contributed by atoms with Gasteiger partial charge < -0.3 is 25.7 Å². The number of imidazole rings is 1. The summed E-state index contributed by atoms with van der Waals surface area (Å²) in [6.45, 7) is 11.0. The zero-order valence-electron chi connectivity index (χ0n) is 26.9. The van der Waals surface area contributed by atoms with E-state index in [9.17, 15) is 14.4 Å². The Labute approximate surface area is 270 Å². The zero-order chi connectivity index (χ0) is 32.3. The van der Waals surface area contributed by atoms with Crippen LogP contribution in [0.3, 0.4) is 0 Å². The Balaban J connectivity index is 1.51. The molecule has 1 aromatic heterocycles. The first-order valence-electron chi connectivity index (χ1n) is 16.3. The molecule has 242 valence electrons. The number of aromatic amines is 1. The minimum Gasteiger partial charge on any atom is -0.380 e. The molecule has 2 aromatic carbocycles. The number of hydrogen-bond donors (Lipinski definition) is 4. The van der Waals surface area contributed by atoms with Crippen LogP contribution >= 0.6 is 11.6 Å². The molecule has 3 aromatic rings. The van der Waals surface area contributed by atoms with E-state index in [0.717, 1.165) is 41.4 Å². The van der Waals surface area contributed by atoms with E-state index in [0.29, 0.717) is 30.4 Å². The van der Waals surface area contributed by atoms with Gasteiger partial charge in [0.15, 0.2) is 0 Å². The molecule has 2 heterocycles. The molecule has 2 aliphatic rings. The molecule has 1 unspecified atom stereocenters. The number of benzene rings is 2. The SMILES string of the molecule is CCNC(=O)[C@H](NC(=O)C1(c2ccc3nc([C@@H](NC(=O)C(C)C)[C@H](c4ccccc4Cl)C(C)C)[nH]c3c2)CCOC1)C1CCC1. The third-order valence-electron chi connectivity index (χ3n) is 9.51. The van der Waals surface area contributed by atoms with Gasteiger partial charge >= 0.3 is 0 Å². The molecule has 4 atom stereocenters. The van der Waals surface area contributed by atoms with Gasteiger partial charge in [-0.3, -0.25) is 14.4 Å². The van der Waals surface area contributed by atoms with Crippen molar-refractivity contribution in [1.29, 1.82) is 0 Å². The van der Waals surface area contributed by atoms with E-state index in [1.54, 1.807) is 0 Å².